The second-order valence-corrected chi connectivity index (χ2v) is 7.86. The summed E-state index contributed by atoms with van der Waals surface area (Å²) in [5.74, 6) is 0.385. The first-order valence-electron chi connectivity index (χ1n) is 6.28. The molecule has 2 rings (SSSR count). The van der Waals surface area contributed by atoms with Gasteiger partial charge in [-0.25, -0.2) is 8.42 Å². The summed E-state index contributed by atoms with van der Waals surface area (Å²) in [4.78, 5) is 0.158. The molecule has 0 spiro atoms. The van der Waals surface area contributed by atoms with Gasteiger partial charge in [-0.2, -0.15) is 4.31 Å². The first-order valence-corrected chi connectivity index (χ1v) is 8.47. The quantitative estimate of drug-likeness (QED) is 0.832. The van der Waals surface area contributed by atoms with Gasteiger partial charge in [-0.1, -0.05) is 30.1 Å². The fourth-order valence-corrected chi connectivity index (χ4v) is 4.74. The van der Waals surface area contributed by atoms with E-state index < -0.39 is 10.0 Å². The smallest absolute Gasteiger partial charge is 0.207 e. The Bertz CT molecular complexity index is 587. The second kappa shape index (κ2) is 5.60. The van der Waals surface area contributed by atoms with Crippen LogP contribution in [0.3, 0.4) is 0 Å². The van der Waals surface area contributed by atoms with E-state index >= 15 is 0 Å². The van der Waals surface area contributed by atoms with Gasteiger partial charge in [0.25, 0.3) is 0 Å². The fourth-order valence-electron chi connectivity index (χ4n) is 2.33. The van der Waals surface area contributed by atoms with Gasteiger partial charge < -0.3 is 0 Å². The maximum Gasteiger partial charge on any atom is 0.244 e. The van der Waals surface area contributed by atoms with Crippen LogP contribution in [0, 0.1) is 12.8 Å². The molecule has 0 aliphatic carbocycles. The molecule has 0 saturated carbocycles. The lowest BCUT2D eigenvalue weighted by molar-refractivity contribution is 0.281. The summed E-state index contributed by atoms with van der Waals surface area (Å²) < 4.78 is 26.8. The van der Waals surface area contributed by atoms with E-state index in [0.29, 0.717) is 24.0 Å². The van der Waals surface area contributed by atoms with Crippen LogP contribution in [0.5, 0.6) is 0 Å². The third-order valence-electron chi connectivity index (χ3n) is 3.45. The minimum atomic E-state index is -3.52. The molecule has 0 radical (unpaired) electrons. The standard InChI is InChI=1S/C13H17Cl2NO2S/c1-9-4-3-5-16(8-9)19(17,18)13-6-10(2)11(14)7-12(13)15/h6-7,9H,3-5,8H2,1-2H3. The minimum absolute atomic E-state index is 0.158. The molecule has 106 valence electrons. The number of piperidine rings is 1. The molecule has 0 amide bonds. The van der Waals surface area contributed by atoms with Gasteiger partial charge in [0.05, 0.1) is 5.02 Å². The highest BCUT2D eigenvalue weighted by Gasteiger charge is 2.30. The van der Waals surface area contributed by atoms with Crippen molar-refractivity contribution in [3.8, 4) is 0 Å². The van der Waals surface area contributed by atoms with Crippen LogP contribution in [0.25, 0.3) is 0 Å². The maximum absolute atomic E-state index is 12.6. The van der Waals surface area contributed by atoms with E-state index in [0.717, 1.165) is 18.4 Å². The van der Waals surface area contributed by atoms with Crippen LogP contribution in [0.2, 0.25) is 10.0 Å². The third kappa shape index (κ3) is 3.07. The summed E-state index contributed by atoms with van der Waals surface area (Å²) in [5.41, 5.74) is 0.717. The van der Waals surface area contributed by atoms with Crippen LogP contribution in [0.1, 0.15) is 25.3 Å². The summed E-state index contributed by atoms with van der Waals surface area (Å²) in [6.45, 7) is 4.96. The van der Waals surface area contributed by atoms with Gasteiger partial charge in [-0.05, 0) is 43.4 Å². The number of hydrogen-bond donors (Lipinski definition) is 0. The van der Waals surface area contributed by atoms with Crippen LogP contribution in [-0.4, -0.2) is 25.8 Å². The van der Waals surface area contributed by atoms with Crippen molar-refractivity contribution >= 4 is 33.2 Å². The molecule has 0 bridgehead atoms. The van der Waals surface area contributed by atoms with Crippen LogP contribution >= 0.6 is 23.2 Å². The molecule has 0 N–H and O–H groups in total. The predicted octanol–water partition coefficient (Wildman–Crippen LogP) is 3.72. The number of benzene rings is 1. The first-order chi connectivity index (χ1) is 8.82. The lowest BCUT2D eigenvalue weighted by Crippen LogP contribution is -2.39. The Balaban J connectivity index is 2.42. The highest BCUT2D eigenvalue weighted by Crippen LogP contribution is 2.31. The van der Waals surface area contributed by atoms with E-state index in [4.69, 9.17) is 23.2 Å². The maximum atomic E-state index is 12.6. The lowest BCUT2D eigenvalue weighted by Gasteiger charge is -2.30. The summed E-state index contributed by atoms with van der Waals surface area (Å²) >= 11 is 12.0. The van der Waals surface area contributed by atoms with E-state index in [2.05, 4.69) is 6.92 Å². The van der Waals surface area contributed by atoms with Crippen molar-refractivity contribution in [3.05, 3.63) is 27.7 Å². The van der Waals surface area contributed by atoms with Gasteiger partial charge in [0.15, 0.2) is 0 Å². The first kappa shape index (κ1) is 15.1. The third-order valence-corrected chi connectivity index (χ3v) is 6.19. The molecule has 3 nitrogen and oxygen atoms in total. The van der Waals surface area contributed by atoms with Crippen LogP contribution in [-0.2, 0) is 10.0 Å². The van der Waals surface area contributed by atoms with E-state index in [-0.39, 0.29) is 9.92 Å². The van der Waals surface area contributed by atoms with Crippen molar-refractivity contribution < 1.29 is 8.42 Å². The van der Waals surface area contributed by atoms with Crippen molar-refractivity contribution in [1.82, 2.24) is 4.31 Å². The summed E-state index contributed by atoms with van der Waals surface area (Å²) in [6.07, 6.45) is 1.96. The number of nitrogens with zero attached hydrogens (tertiary/aromatic N) is 1. The van der Waals surface area contributed by atoms with Crippen LogP contribution in [0.4, 0.5) is 0 Å². The van der Waals surface area contributed by atoms with E-state index in [1.807, 2.05) is 0 Å². The molecule has 1 atom stereocenters. The van der Waals surface area contributed by atoms with Crippen molar-refractivity contribution in [2.45, 2.75) is 31.6 Å². The monoisotopic (exact) mass is 321 g/mol. The summed E-state index contributed by atoms with van der Waals surface area (Å²) in [6, 6.07) is 3.05. The van der Waals surface area contributed by atoms with Gasteiger partial charge in [0, 0.05) is 18.1 Å². The average Bonchev–Trinajstić information content (AvgIpc) is 2.33. The zero-order valence-electron chi connectivity index (χ0n) is 11.0. The molecular weight excluding hydrogens is 305 g/mol. The van der Waals surface area contributed by atoms with Crippen molar-refractivity contribution in [1.29, 1.82) is 0 Å². The molecule has 0 aromatic heterocycles. The van der Waals surface area contributed by atoms with Gasteiger partial charge in [0.1, 0.15) is 4.90 Å². The second-order valence-electron chi connectivity index (χ2n) is 5.14. The molecule has 1 aliphatic heterocycles. The molecule has 1 heterocycles. The Morgan fingerprint density at radius 1 is 1.26 bits per heavy atom. The molecule has 1 saturated heterocycles. The Hall–Kier alpha value is -0.290. The Kier molecular flexibility index (Phi) is 4.45. The largest absolute Gasteiger partial charge is 0.244 e. The average molecular weight is 322 g/mol. The molecule has 1 fully saturated rings. The molecule has 1 aliphatic rings. The molecule has 1 unspecified atom stereocenters. The van der Waals surface area contributed by atoms with Crippen LogP contribution in [0.15, 0.2) is 17.0 Å². The number of hydrogen-bond acceptors (Lipinski definition) is 2. The molecule has 6 heteroatoms. The molecule has 19 heavy (non-hydrogen) atoms. The number of aryl methyl sites for hydroxylation is 1. The normalized spacial score (nSPS) is 21.6. The highest BCUT2D eigenvalue weighted by atomic mass is 35.5. The Labute approximate surface area is 124 Å². The van der Waals surface area contributed by atoms with Crippen molar-refractivity contribution in [2.24, 2.45) is 5.92 Å². The molecular formula is C13H17Cl2NO2S. The fraction of sp³-hybridized carbons (Fsp3) is 0.538. The van der Waals surface area contributed by atoms with Gasteiger partial charge in [0.2, 0.25) is 10.0 Å². The van der Waals surface area contributed by atoms with E-state index in [1.165, 1.54) is 10.4 Å². The van der Waals surface area contributed by atoms with E-state index in [1.54, 1.807) is 13.0 Å². The van der Waals surface area contributed by atoms with E-state index in [9.17, 15) is 8.42 Å². The zero-order valence-corrected chi connectivity index (χ0v) is 13.3. The summed E-state index contributed by atoms with van der Waals surface area (Å²) in [5, 5.41) is 0.671. The van der Waals surface area contributed by atoms with Crippen molar-refractivity contribution in [2.75, 3.05) is 13.1 Å². The Morgan fingerprint density at radius 3 is 2.58 bits per heavy atom. The number of rotatable bonds is 2. The molecule has 1 aromatic carbocycles. The Morgan fingerprint density at radius 2 is 1.95 bits per heavy atom. The summed E-state index contributed by atoms with van der Waals surface area (Å²) in [7, 11) is -3.52. The van der Waals surface area contributed by atoms with Crippen molar-refractivity contribution in [3.63, 3.8) is 0 Å². The predicted molar refractivity (Wildman–Crippen MR) is 78.4 cm³/mol. The minimum Gasteiger partial charge on any atom is -0.207 e. The zero-order chi connectivity index (χ0) is 14.2. The van der Waals surface area contributed by atoms with Gasteiger partial charge in [-0.15, -0.1) is 0 Å². The van der Waals surface area contributed by atoms with Crippen LogP contribution < -0.4 is 0 Å². The number of sulfonamides is 1. The lowest BCUT2D eigenvalue weighted by atomic mass is 10.0. The SMILES string of the molecule is Cc1cc(S(=O)(=O)N2CCCC(C)C2)c(Cl)cc1Cl. The van der Waals surface area contributed by atoms with Gasteiger partial charge in [-0.3, -0.25) is 0 Å². The molecule has 1 aromatic rings. The highest BCUT2D eigenvalue weighted by molar-refractivity contribution is 7.89. The topological polar surface area (TPSA) is 37.4 Å². The van der Waals surface area contributed by atoms with Gasteiger partial charge >= 0.3 is 0 Å². The number of halogens is 2.